The molecule has 1 nitrogen and oxygen atoms in total. The van der Waals surface area contributed by atoms with Crippen LogP contribution in [0.1, 0.15) is 32.8 Å². The van der Waals surface area contributed by atoms with Crippen molar-refractivity contribution in [1.29, 1.82) is 0 Å². The lowest BCUT2D eigenvalue weighted by Crippen LogP contribution is -2.29. The van der Waals surface area contributed by atoms with Crippen LogP contribution in [0.2, 0.25) is 10.0 Å². The Morgan fingerprint density at radius 1 is 1.24 bits per heavy atom. The first-order valence-electron chi connectivity index (χ1n) is 5.95. The van der Waals surface area contributed by atoms with Crippen LogP contribution in [0.5, 0.6) is 0 Å². The summed E-state index contributed by atoms with van der Waals surface area (Å²) in [6.07, 6.45) is 2.14. The standard InChI is InChI=1S/C14H21Cl2N/c1-10(17-4)8-14(2,3)9-11-5-6-12(15)13(16)7-11/h5-7,10,17H,8-9H2,1-4H3. The lowest BCUT2D eigenvalue weighted by molar-refractivity contribution is 0.293. The highest BCUT2D eigenvalue weighted by Gasteiger charge is 2.21. The maximum Gasteiger partial charge on any atom is 0.0595 e. The summed E-state index contributed by atoms with van der Waals surface area (Å²) in [5.74, 6) is 0. The van der Waals surface area contributed by atoms with Crippen molar-refractivity contribution < 1.29 is 0 Å². The minimum Gasteiger partial charge on any atom is -0.317 e. The molecular weight excluding hydrogens is 253 g/mol. The van der Waals surface area contributed by atoms with E-state index in [9.17, 15) is 0 Å². The molecule has 0 heterocycles. The molecule has 1 aromatic carbocycles. The summed E-state index contributed by atoms with van der Waals surface area (Å²) in [5.41, 5.74) is 1.49. The van der Waals surface area contributed by atoms with Gasteiger partial charge >= 0.3 is 0 Å². The van der Waals surface area contributed by atoms with Gasteiger partial charge in [-0.2, -0.15) is 0 Å². The van der Waals surface area contributed by atoms with Crippen LogP contribution in [0.4, 0.5) is 0 Å². The van der Waals surface area contributed by atoms with Gasteiger partial charge < -0.3 is 5.32 Å². The van der Waals surface area contributed by atoms with Crippen molar-refractivity contribution >= 4 is 23.2 Å². The Morgan fingerprint density at radius 3 is 2.41 bits per heavy atom. The average molecular weight is 274 g/mol. The Balaban J connectivity index is 2.72. The molecule has 1 aromatic rings. The fourth-order valence-corrected chi connectivity index (χ4v) is 2.53. The van der Waals surface area contributed by atoms with Crippen molar-refractivity contribution in [3.8, 4) is 0 Å². The minimum atomic E-state index is 0.250. The third kappa shape index (κ3) is 4.87. The van der Waals surface area contributed by atoms with E-state index in [1.807, 2.05) is 19.2 Å². The summed E-state index contributed by atoms with van der Waals surface area (Å²) in [5, 5.41) is 4.54. The summed E-state index contributed by atoms with van der Waals surface area (Å²) in [4.78, 5) is 0. The first-order chi connectivity index (χ1) is 7.84. The Morgan fingerprint density at radius 2 is 1.88 bits per heavy atom. The fraction of sp³-hybridized carbons (Fsp3) is 0.571. The first-order valence-corrected chi connectivity index (χ1v) is 6.71. The summed E-state index contributed by atoms with van der Waals surface area (Å²) in [6, 6.07) is 6.42. The highest BCUT2D eigenvalue weighted by molar-refractivity contribution is 6.42. The molecule has 0 saturated heterocycles. The van der Waals surface area contributed by atoms with Gasteiger partial charge in [-0.1, -0.05) is 43.1 Å². The molecule has 0 aliphatic rings. The van der Waals surface area contributed by atoms with E-state index in [4.69, 9.17) is 23.2 Å². The molecule has 3 heteroatoms. The van der Waals surface area contributed by atoms with Crippen LogP contribution in [0, 0.1) is 5.41 Å². The van der Waals surface area contributed by atoms with Gasteiger partial charge in [0.25, 0.3) is 0 Å². The summed E-state index contributed by atoms with van der Waals surface area (Å²) in [6.45, 7) is 6.77. The van der Waals surface area contributed by atoms with Gasteiger partial charge in [-0.15, -0.1) is 0 Å². The van der Waals surface area contributed by atoms with Crippen molar-refractivity contribution in [3.05, 3.63) is 33.8 Å². The van der Waals surface area contributed by atoms with Gasteiger partial charge in [0.15, 0.2) is 0 Å². The third-order valence-corrected chi connectivity index (χ3v) is 3.76. The van der Waals surface area contributed by atoms with E-state index in [2.05, 4.69) is 32.2 Å². The minimum absolute atomic E-state index is 0.250. The van der Waals surface area contributed by atoms with Crippen molar-refractivity contribution in [2.45, 2.75) is 39.7 Å². The molecule has 1 N–H and O–H groups in total. The molecule has 0 fully saturated rings. The van der Waals surface area contributed by atoms with Gasteiger partial charge in [-0.3, -0.25) is 0 Å². The van der Waals surface area contributed by atoms with Gasteiger partial charge in [0, 0.05) is 6.04 Å². The largest absolute Gasteiger partial charge is 0.317 e. The second-order valence-electron chi connectivity index (χ2n) is 5.48. The molecule has 0 saturated carbocycles. The Bertz CT molecular complexity index is 374. The lowest BCUT2D eigenvalue weighted by Gasteiger charge is -2.28. The SMILES string of the molecule is CNC(C)CC(C)(C)Cc1ccc(Cl)c(Cl)c1. The molecule has 0 spiro atoms. The van der Waals surface area contributed by atoms with Crippen LogP contribution in [-0.4, -0.2) is 13.1 Å². The van der Waals surface area contributed by atoms with Crippen LogP contribution in [0.25, 0.3) is 0 Å². The molecule has 1 unspecified atom stereocenters. The van der Waals surface area contributed by atoms with Crippen molar-refractivity contribution in [3.63, 3.8) is 0 Å². The molecule has 0 bridgehead atoms. The molecule has 1 atom stereocenters. The number of rotatable bonds is 5. The number of hydrogen-bond acceptors (Lipinski definition) is 1. The predicted octanol–water partition coefficient (Wildman–Crippen LogP) is 4.56. The maximum atomic E-state index is 6.03. The summed E-state index contributed by atoms with van der Waals surface area (Å²) in [7, 11) is 2.00. The van der Waals surface area contributed by atoms with Crippen LogP contribution in [-0.2, 0) is 6.42 Å². The van der Waals surface area contributed by atoms with Crippen molar-refractivity contribution in [1.82, 2.24) is 5.32 Å². The zero-order valence-corrected chi connectivity index (χ0v) is 12.5. The van der Waals surface area contributed by atoms with E-state index in [0.717, 1.165) is 12.8 Å². The number of benzene rings is 1. The van der Waals surface area contributed by atoms with Gasteiger partial charge in [-0.05, 0) is 49.9 Å². The number of halogens is 2. The maximum absolute atomic E-state index is 6.03. The highest BCUT2D eigenvalue weighted by atomic mass is 35.5. The normalized spacial score (nSPS) is 13.8. The molecule has 96 valence electrons. The van der Waals surface area contributed by atoms with Crippen LogP contribution in [0.15, 0.2) is 18.2 Å². The second kappa shape index (κ2) is 6.08. The van der Waals surface area contributed by atoms with E-state index >= 15 is 0 Å². The highest BCUT2D eigenvalue weighted by Crippen LogP contribution is 2.30. The third-order valence-electron chi connectivity index (χ3n) is 3.02. The molecule has 0 aliphatic carbocycles. The van der Waals surface area contributed by atoms with E-state index in [0.29, 0.717) is 16.1 Å². The van der Waals surface area contributed by atoms with Crippen LogP contribution < -0.4 is 5.32 Å². The molecular formula is C14H21Cl2N. The average Bonchev–Trinajstić information content (AvgIpc) is 2.22. The number of nitrogens with one attached hydrogen (secondary N) is 1. The Labute approximate surface area is 115 Å². The van der Waals surface area contributed by atoms with Gasteiger partial charge in [0.1, 0.15) is 0 Å². The number of hydrogen-bond donors (Lipinski definition) is 1. The molecule has 0 radical (unpaired) electrons. The lowest BCUT2D eigenvalue weighted by atomic mass is 9.80. The smallest absolute Gasteiger partial charge is 0.0595 e. The van der Waals surface area contributed by atoms with E-state index in [1.165, 1.54) is 5.56 Å². The first kappa shape index (κ1) is 14.8. The molecule has 0 amide bonds. The van der Waals surface area contributed by atoms with E-state index in [1.54, 1.807) is 0 Å². The van der Waals surface area contributed by atoms with Crippen molar-refractivity contribution in [2.24, 2.45) is 5.41 Å². The molecule has 0 aliphatic heterocycles. The van der Waals surface area contributed by atoms with Crippen molar-refractivity contribution in [2.75, 3.05) is 7.05 Å². The predicted molar refractivity (Wildman–Crippen MR) is 77.1 cm³/mol. The van der Waals surface area contributed by atoms with E-state index in [-0.39, 0.29) is 5.41 Å². The van der Waals surface area contributed by atoms with Gasteiger partial charge in [0.2, 0.25) is 0 Å². The summed E-state index contributed by atoms with van der Waals surface area (Å²) >= 11 is 11.9. The van der Waals surface area contributed by atoms with Crippen LogP contribution >= 0.6 is 23.2 Å². The van der Waals surface area contributed by atoms with Crippen LogP contribution in [0.3, 0.4) is 0 Å². The monoisotopic (exact) mass is 273 g/mol. The summed E-state index contributed by atoms with van der Waals surface area (Å²) < 4.78 is 0. The molecule has 17 heavy (non-hydrogen) atoms. The molecule has 1 rings (SSSR count). The second-order valence-corrected chi connectivity index (χ2v) is 6.30. The molecule has 0 aromatic heterocycles. The Kier molecular flexibility index (Phi) is 5.30. The Hall–Kier alpha value is -0.240. The fourth-order valence-electron chi connectivity index (χ4n) is 2.21. The quantitative estimate of drug-likeness (QED) is 0.830. The van der Waals surface area contributed by atoms with E-state index < -0.39 is 0 Å². The topological polar surface area (TPSA) is 12.0 Å². The zero-order chi connectivity index (χ0) is 13.1. The van der Waals surface area contributed by atoms with Gasteiger partial charge in [0.05, 0.1) is 10.0 Å². The zero-order valence-electron chi connectivity index (χ0n) is 11.0. The van der Waals surface area contributed by atoms with Gasteiger partial charge in [-0.25, -0.2) is 0 Å².